The second-order valence-corrected chi connectivity index (χ2v) is 4.57. The van der Waals surface area contributed by atoms with Crippen LogP contribution in [0.5, 0.6) is 5.88 Å². The zero-order valence-corrected chi connectivity index (χ0v) is 11.4. The van der Waals surface area contributed by atoms with Crippen LogP contribution in [0.3, 0.4) is 0 Å². The molecule has 0 saturated carbocycles. The van der Waals surface area contributed by atoms with Gasteiger partial charge in [-0.05, 0) is 31.3 Å². The highest BCUT2D eigenvalue weighted by Gasteiger charge is 2.12. The number of hydrogen-bond donors (Lipinski definition) is 1. The Labute approximate surface area is 114 Å². The number of ether oxygens (including phenoxy) is 1. The number of nitrogens with zero attached hydrogens (tertiary/aromatic N) is 3. The maximum Gasteiger partial charge on any atom is 0.242 e. The van der Waals surface area contributed by atoms with Crippen LogP contribution >= 0.6 is 12.2 Å². The van der Waals surface area contributed by atoms with E-state index in [0.717, 1.165) is 5.69 Å². The zero-order chi connectivity index (χ0) is 13.4. The Morgan fingerprint density at radius 1 is 1.21 bits per heavy atom. The van der Waals surface area contributed by atoms with Gasteiger partial charge in [0.2, 0.25) is 5.88 Å². The van der Waals surface area contributed by atoms with Crippen LogP contribution in [0, 0.1) is 11.7 Å². The number of benzene rings is 1. The molecule has 0 spiro atoms. The van der Waals surface area contributed by atoms with E-state index in [1.807, 2.05) is 35.8 Å². The van der Waals surface area contributed by atoms with Crippen molar-refractivity contribution in [3.63, 3.8) is 0 Å². The summed E-state index contributed by atoms with van der Waals surface area (Å²) in [5.41, 5.74) is 3.57. The minimum atomic E-state index is 0.488. The van der Waals surface area contributed by atoms with Gasteiger partial charge in [-0.3, -0.25) is 4.57 Å². The van der Waals surface area contributed by atoms with E-state index in [1.54, 1.807) is 7.11 Å². The van der Waals surface area contributed by atoms with Crippen LogP contribution < -0.4 is 4.74 Å². The topological polar surface area (TPSA) is 55.7 Å². The maximum absolute atomic E-state index is 5.36. The molecule has 0 saturated heterocycles. The van der Waals surface area contributed by atoms with Crippen molar-refractivity contribution >= 4 is 23.4 Å². The fraction of sp³-hybridized carbons (Fsp3) is 0.154. The van der Waals surface area contributed by atoms with Crippen LogP contribution in [-0.2, 0) is 0 Å². The van der Waals surface area contributed by atoms with E-state index in [-0.39, 0.29) is 0 Å². The van der Waals surface area contributed by atoms with Crippen LogP contribution in [0.4, 0.5) is 0 Å². The summed E-state index contributed by atoms with van der Waals surface area (Å²) in [6.07, 6.45) is 1.47. The van der Waals surface area contributed by atoms with Gasteiger partial charge in [-0.1, -0.05) is 17.7 Å². The molecule has 0 aliphatic heterocycles. The van der Waals surface area contributed by atoms with E-state index < -0.39 is 0 Å². The predicted octanol–water partition coefficient (Wildman–Crippen LogP) is 2.80. The van der Waals surface area contributed by atoms with Gasteiger partial charge in [0.1, 0.15) is 11.8 Å². The molecule has 1 N–H and O–H groups in total. The molecule has 0 amide bonds. The Hall–Kier alpha value is -2.21. The summed E-state index contributed by atoms with van der Waals surface area (Å²) in [5.74, 6) is 0.488. The summed E-state index contributed by atoms with van der Waals surface area (Å²) in [6.45, 7) is 2.05. The summed E-state index contributed by atoms with van der Waals surface area (Å²) in [6, 6.07) is 8.09. The Kier molecular flexibility index (Phi) is 2.79. The number of aryl methyl sites for hydroxylation is 1. The molecule has 0 aliphatic carbocycles. The first-order valence-corrected chi connectivity index (χ1v) is 6.18. The highest BCUT2D eigenvalue weighted by molar-refractivity contribution is 7.71. The van der Waals surface area contributed by atoms with Gasteiger partial charge in [-0.15, -0.1) is 0 Å². The fourth-order valence-electron chi connectivity index (χ4n) is 1.99. The minimum absolute atomic E-state index is 0.488. The molecule has 3 rings (SSSR count). The van der Waals surface area contributed by atoms with Gasteiger partial charge in [0, 0.05) is 5.69 Å². The van der Waals surface area contributed by atoms with Gasteiger partial charge in [-0.2, -0.15) is 4.98 Å². The Bertz CT molecular complexity index is 789. The van der Waals surface area contributed by atoms with Crippen molar-refractivity contribution in [2.45, 2.75) is 6.92 Å². The van der Waals surface area contributed by atoms with Gasteiger partial charge in [0.05, 0.1) is 7.11 Å². The van der Waals surface area contributed by atoms with Crippen molar-refractivity contribution in [2.24, 2.45) is 0 Å². The molecule has 0 unspecified atom stereocenters. The average Bonchev–Trinajstić information content (AvgIpc) is 2.76. The van der Waals surface area contributed by atoms with Crippen molar-refractivity contribution in [1.29, 1.82) is 0 Å². The van der Waals surface area contributed by atoms with Crippen molar-refractivity contribution in [3.8, 4) is 11.6 Å². The molecule has 2 aromatic heterocycles. The summed E-state index contributed by atoms with van der Waals surface area (Å²) in [4.78, 5) is 11.4. The molecule has 3 aromatic rings. The van der Waals surface area contributed by atoms with Gasteiger partial charge < -0.3 is 9.72 Å². The molecule has 19 heavy (non-hydrogen) atoms. The van der Waals surface area contributed by atoms with Crippen molar-refractivity contribution < 1.29 is 4.74 Å². The SMILES string of the molecule is COc1ncnc2c1[nH]c(=S)n2-c1ccc(C)cc1. The first-order valence-electron chi connectivity index (χ1n) is 5.77. The largest absolute Gasteiger partial charge is 0.479 e. The van der Waals surface area contributed by atoms with Gasteiger partial charge in [0.15, 0.2) is 10.4 Å². The second kappa shape index (κ2) is 4.47. The summed E-state index contributed by atoms with van der Waals surface area (Å²) < 4.78 is 7.65. The molecule has 0 fully saturated rings. The van der Waals surface area contributed by atoms with Crippen LogP contribution in [0.1, 0.15) is 5.56 Å². The first kappa shape index (κ1) is 11.9. The highest BCUT2D eigenvalue weighted by Crippen LogP contribution is 2.23. The van der Waals surface area contributed by atoms with E-state index in [9.17, 15) is 0 Å². The Morgan fingerprint density at radius 2 is 1.95 bits per heavy atom. The molecule has 0 radical (unpaired) electrons. The third kappa shape index (κ3) is 1.90. The summed E-state index contributed by atoms with van der Waals surface area (Å²) in [5, 5.41) is 0. The smallest absolute Gasteiger partial charge is 0.242 e. The fourth-order valence-corrected chi connectivity index (χ4v) is 2.28. The molecule has 0 bridgehead atoms. The van der Waals surface area contributed by atoms with Crippen LogP contribution in [0.15, 0.2) is 30.6 Å². The summed E-state index contributed by atoms with van der Waals surface area (Å²) >= 11 is 5.36. The highest BCUT2D eigenvalue weighted by atomic mass is 32.1. The first-order chi connectivity index (χ1) is 9.20. The van der Waals surface area contributed by atoms with E-state index in [0.29, 0.717) is 21.8 Å². The number of H-pyrrole nitrogens is 1. The lowest BCUT2D eigenvalue weighted by Gasteiger charge is -2.04. The van der Waals surface area contributed by atoms with E-state index in [2.05, 4.69) is 15.0 Å². The van der Waals surface area contributed by atoms with Crippen molar-refractivity contribution in [2.75, 3.05) is 7.11 Å². The lowest BCUT2D eigenvalue weighted by atomic mass is 10.2. The third-order valence-corrected chi connectivity index (χ3v) is 3.21. The van der Waals surface area contributed by atoms with Crippen LogP contribution in [0.2, 0.25) is 0 Å². The summed E-state index contributed by atoms with van der Waals surface area (Å²) in [7, 11) is 1.57. The number of rotatable bonds is 2. The molecule has 2 heterocycles. The normalized spacial score (nSPS) is 10.8. The maximum atomic E-state index is 5.36. The Balaban J connectivity index is 2.32. The lowest BCUT2D eigenvalue weighted by molar-refractivity contribution is 0.401. The molecular formula is C13H12N4OS. The number of imidazole rings is 1. The van der Waals surface area contributed by atoms with E-state index in [4.69, 9.17) is 17.0 Å². The molecule has 6 heteroatoms. The quantitative estimate of drug-likeness (QED) is 0.729. The van der Waals surface area contributed by atoms with Crippen LogP contribution in [-0.4, -0.2) is 26.6 Å². The molecular weight excluding hydrogens is 260 g/mol. The molecule has 0 atom stereocenters. The average molecular weight is 272 g/mol. The number of nitrogens with one attached hydrogen (secondary N) is 1. The third-order valence-electron chi connectivity index (χ3n) is 2.92. The predicted molar refractivity (Wildman–Crippen MR) is 75.3 cm³/mol. The lowest BCUT2D eigenvalue weighted by Crippen LogP contribution is -1.96. The van der Waals surface area contributed by atoms with Crippen molar-refractivity contribution in [3.05, 3.63) is 40.9 Å². The molecule has 5 nitrogen and oxygen atoms in total. The van der Waals surface area contributed by atoms with Gasteiger partial charge in [0.25, 0.3) is 0 Å². The number of aromatic amines is 1. The number of aromatic nitrogens is 4. The van der Waals surface area contributed by atoms with E-state index >= 15 is 0 Å². The number of methoxy groups -OCH3 is 1. The minimum Gasteiger partial charge on any atom is -0.479 e. The van der Waals surface area contributed by atoms with Crippen LogP contribution in [0.25, 0.3) is 16.9 Å². The number of fused-ring (bicyclic) bond motifs is 1. The Morgan fingerprint density at radius 3 is 2.63 bits per heavy atom. The van der Waals surface area contributed by atoms with Gasteiger partial charge >= 0.3 is 0 Å². The molecule has 0 aliphatic rings. The number of hydrogen-bond acceptors (Lipinski definition) is 4. The molecule has 96 valence electrons. The van der Waals surface area contributed by atoms with Gasteiger partial charge in [-0.25, -0.2) is 4.98 Å². The molecule has 1 aromatic carbocycles. The van der Waals surface area contributed by atoms with E-state index in [1.165, 1.54) is 11.9 Å². The standard InChI is InChI=1S/C13H12N4OS/c1-8-3-5-9(6-4-8)17-11-10(16-13(17)19)12(18-2)15-7-14-11/h3-7H,1-2H3,(H,16,19). The second-order valence-electron chi connectivity index (χ2n) is 4.18. The van der Waals surface area contributed by atoms with Crippen molar-refractivity contribution in [1.82, 2.24) is 19.5 Å². The monoisotopic (exact) mass is 272 g/mol. The zero-order valence-electron chi connectivity index (χ0n) is 10.5.